The summed E-state index contributed by atoms with van der Waals surface area (Å²) in [5.74, 6) is 1.92. The first-order valence-corrected chi connectivity index (χ1v) is 6.89. The minimum atomic E-state index is -4.30. The summed E-state index contributed by atoms with van der Waals surface area (Å²) in [7, 11) is -3.59. The highest BCUT2D eigenvalue weighted by atomic mass is 32.2. The molecule has 0 radical (unpaired) electrons. The average Bonchev–Trinajstić information content (AvgIpc) is 2.14. The molecular weight excluding hydrogens is 255 g/mol. The number of alkyl halides is 3. The van der Waals surface area contributed by atoms with E-state index in [-0.39, 0.29) is 6.54 Å². The third-order valence-corrected chi connectivity index (χ3v) is 3.41. The molecule has 0 bridgehead atoms. The minimum Gasteiger partial charge on any atom is -0.215 e. The van der Waals surface area contributed by atoms with Crippen molar-refractivity contribution >= 4 is 10.0 Å². The van der Waals surface area contributed by atoms with Crippen molar-refractivity contribution in [1.29, 1.82) is 0 Å². The molecule has 0 rings (SSSR count). The fraction of sp³-hybridized carbons (Fsp3) is 0.800. The Bertz CT molecular complexity index is 344. The Kier molecular flexibility index (Phi) is 7.23. The smallest absolute Gasteiger partial charge is 0.215 e. The van der Waals surface area contributed by atoms with Crippen molar-refractivity contribution < 1.29 is 21.6 Å². The number of terminal acetylenes is 1. The van der Waals surface area contributed by atoms with Crippen molar-refractivity contribution in [2.45, 2.75) is 38.3 Å². The van der Waals surface area contributed by atoms with Crippen LogP contribution in [0.2, 0.25) is 0 Å². The molecule has 0 atom stereocenters. The number of sulfonamides is 1. The van der Waals surface area contributed by atoms with Crippen LogP contribution < -0.4 is 4.72 Å². The Hall–Kier alpha value is -0.740. The summed E-state index contributed by atoms with van der Waals surface area (Å²) in [6.45, 7) is 0.218. The van der Waals surface area contributed by atoms with Gasteiger partial charge in [0.1, 0.15) is 0 Å². The lowest BCUT2D eigenvalue weighted by Gasteiger charge is -2.07. The van der Waals surface area contributed by atoms with Gasteiger partial charge in [-0.15, -0.1) is 12.3 Å². The number of unbranched alkanes of at least 4 members (excludes halogenated alkanes) is 2. The molecule has 0 aromatic rings. The fourth-order valence-corrected chi connectivity index (χ4v) is 2.24. The first kappa shape index (κ1) is 16.3. The number of rotatable bonds is 8. The van der Waals surface area contributed by atoms with Gasteiger partial charge in [0.15, 0.2) is 0 Å². The first-order chi connectivity index (χ1) is 7.77. The predicted octanol–water partition coefficient (Wildman–Crippen LogP) is 2.05. The van der Waals surface area contributed by atoms with Gasteiger partial charge in [0.25, 0.3) is 0 Å². The van der Waals surface area contributed by atoms with E-state index in [9.17, 15) is 21.6 Å². The van der Waals surface area contributed by atoms with Crippen LogP contribution in [0.1, 0.15) is 32.1 Å². The van der Waals surface area contributed by atoms with Gasteiger partial charge < -0.3 is 0 Å². The maximum absolute atomic E-state index is 11.8. The molecule has 1 N–H and O–H groups in total. The lowest BCUT2D eigenvalue weighted by molar-refractivity contribution is -0.134. The molecule has 17 heavy (non-hydrogen) atoms. The van der Waals surface area contributed by atoms with E-state index in [0.29, 0.717) is 19.3 Å². The quantitative estimate of drug-likeness (QED) is 0.542. The molecule has 0 saturated carbocycles. The zero-order chi connectivity index (χ0) is 13.4. The van der Waals surface area contributed by atoms with Gasteiger partial charge in [-0.1, -0.05) is 0 Å². The average molecular weight is 271 g/mol. The minimum absolute atomic E-state index is 0.218. The normalized spacial score (nSPS) is 12.4. The highest BCUT2D eigenvalue weighted by Gasteiger charge is 2.27. The van der Waals surface area contributed by atoms with E-state index in [1.807, 2.05) is 0 Å². The van der Waals surface area contributed by atoms with Crippen LogP contribution in [0, 0.1) is 12.3 Å². The summed E-state index contributed by atoms with van der Waals surface area (Å²) >= 11 is 0. The highest BCUT2D eigenvalue weighted by Crippen LogP contribution is 2.21. The zero-order valence-electron chi connectivity index (χ0n) is 9.39. The summed E-state index contributed by atoms with van der Waals surface area (Å²) in [5.41, 5.74) is 0. The topological polar surface area (TPSA) is 46.2 Å². The molecule has 0 amide bonds. The largest absolute Gasteiger partial charge is 0.389 e. The summed E-state index contributed by atoms with van der Waals surface area (Å²) < 4.78 is 60.1. The van der Waals surface area contributed by atoms with Crippen LogP contribution in [0.5, 0.6) is 0 Å². The summed E-state index contributed by atoms with van der Waals surface area (Å²) in [6.07, 6.45) is 1.06. The van der Waals surface area contributed by atoms with E-state index in [4.69, 9.17) is 6.42 Å². The Morgan fingerprint density at radius 1 is 1.18 bits per heavy atom. The van der Waals surface area contributed by atoms with Crippen LogP contribution in [0.25, 0.3) is 0 Å². The molecule has 0 heterocycles. The summed E-state index contributed by atoms with van der Waals surface area (Å²) in [6, 6.07) is 0. The SMILES string of the molecule is C#CCCCCNS(=O)(=O)CCCC(F)(F)F. The highest BCUT2D eigenvalue weighted by molar-refractivity contribution is 7.89. The Morgan fingerprint density at radius 2 is 1.82 bits per heavy atom. The van der Waals surface area contributed by atoms with Gasteiger partial charge in [0, 0.05) is 19.4 Å². The van der Waals surface area contributed by atoms with Gasteiger partial charge >= 0.3 is 6.18 Å². The Labute approximate surface area is 99.8 Å². The molecule has 0 spiro atoms. The van der Waals surface area contributed by atoms with Crippen LogP contribution in [0.3, 0.4) is 0 Å². The molecule has 0 saturated heterocycles. The second-order valence-electron chi connectivity index (χ2n) is 3.59. The van der Waals surface area contributed by atoms with Gasteiger partial charge in [-0.2, -0.15) is 13.2 Å². The number of hydrogen-bond acceptors (Lipinski definition) is 2. The van der Waals surface area contributed by atoms with Gasteiger partial charge in [0.2, 0.25) is 10.0 Å². The number of halogens is 3. The molecule has 100 valence electrons. The van der Waals surface area contributed by atoms with E-state index in [1.165, 1.54) is 0 Å². The van der Waals surface area contributed by atoms with Gasteiger partial charge in [-0.25, -0.2) is 13.1 Å². The molecule has 0 aliphatic rings. The van der Waals surface area contributed by atoms with E-state index in [0.717, 1.165) is 0 Å². The zero-order valence-corrected chi connectivity index (χ0v) is 10.2. The summed E-state index contributed by atoms with van der Waals surface area (Å²) in [5, 5.41) is 0. The number of nitrogens with one attached hydrogen (secondary N) is 1. The van der Waals surface area contributed by atoms with Crippen LogP contribution in [-0.4, -0.2) is 26.9 Å². The Balaban J connectivity index is 3.71. The van der Waals surface area contributed by atoms with Crippen LogP contribution in [-0.2, 0) is 10.0 Å². The lowest BCUT2D eigenvalue weighted by atomic mass is 10.2. The lowest BCUT2D eigenvalue weighted by Crippen LogP contribution is -2.28. The van der Waals surface area contributed by atoms with Gasteiger partial charge in [-0.3, -0.25) is 0 Å². The van der Waals surface area contributed by atoms with Crippen LogP contribution >= 0.6 is 0 Å². The van der Waals surface area contributed by atoms with E-state index >= 15 is 0 Å². The molecule has 0 aromatic heterocycles. The van der Waals surface area contributed by atoms with Gasteiger partial charge in [-0.05, 0) is 19.3 Å². The maximum atomic E-state index is 11.8. The predicted molar refractivity (Wildman–Crippen MR) is 59.8 cm³/mol. The third kappa shape index (κ3) is 11.5. The van der Waals surface area contributed by atoms with Crippen molar-refractivity contribution in [3.63, 3.8) is 0 Å². The number of hydrogen-bond donors (Lipinski definition) is 1. The Morgan fingerprint density at radius 3 is 2.35 bits per heavy atom. The fourth-order valence-electron chi connectivity index (χ4n) is 1.11. The summed E-state index contributed by atoms with van der Waals surface area (Å²) in [4.78, 5) is 0. The van der Waals surface area contributed by atoms with E-state index < -0.39 is 34.8 Å². The molecule has 0 fully saturated rings. The molecule has 0 aliphatic heterocycles. The van der Waals surface area contributed by atoms with Crippen molar-refractivity contribution in [2.75, 3.05) is 12.3 Å². The van der Waals surface area contributed by atoms with Crippen molar-refractivity contribution in [1.82, 2.24) is 4.72 Å². The maximum Gasteiger partial charge on any atom is 0.389 e. The molecule has 3 nitrogen and oxygen atoms in total. The molecule has 0 aromatic carbocycles. The van der Waals surface area contributed by atoms with Gasteiger partial charge in [0.05, 0.1) is 5.75 Å². The van der Waals surface area contributed by atoms with Crippen LogP contribution in [0.4, 0.5) is 13.2 Å². The van der Waals surface area contributed by atoms with Crippen molar-refractivity contribution in [2.24, 2.45) is 0 Å². The molecular formula is C10H16F3NO2S. The van der Waals surface area contributed by atoms with Crippen molar-refractivity contribution in [3.05, 3.63) is 0 Å². The molecule has 7 heteroatoms. The third-order valence-electron chi connectivity index (χ3n) is 1.94. The monoisotopic (exact) mass is 271 g/mol. The molecule has 0 aliphatic carbocycles. The van der Waals surface area contributed by atoms with Crippen LogP contribution in [0.15, 0.2) is 0 Å². The van der Waals surface area contributed by atoms with E-state index in [1.54, 1.807) is 0 Å². The van der Waals surface area contributed by atoms with Crippen molar-refractivity contribution in [3.8, 4) is 12.3 Å². The second-order valence-corrected chi connectivity index (χ2v) is 5.52. The standard InChI is InChI=1S/C10H16F3NO2S/c1-2-3-4-5-8-14-17(15,16)9-6-7-10(11,12)13/h1,14H,3-9H2. The second kappa shape index (κ2) is 7.56. The first-order valence-electron chi connectivity index (χ1n) is 5.24. The van der Waals surface area contributed by atoms with E-state index in [2.05, 4.69) is 10.6 Å². The molecule has 0 unspecified atom stereocenters.